The smallest absolute Gasteiger partial charge is 0.222 e. The maximum atomic E-state index is 12.4. The van der Waals surface area contributed by atoms with Crippen molar-refractivity contribution in [2.24, 2.45) is 11.8 Å². The molecule has 0 spiro atoms. The monoisotopic (exact) mass is 286 g/mol. The number of nitrogens with one attached hydrogen (secondary N) is 1. The second kappa shape index (κ2) is 6.94. The molecule has 19 heavy (non-hydrogen) atoms. The van der Waals surface area contributed by atoms with E-state index < -0.39 is 0 Å². The molecule has 0 bridgehead atoms. The summed E-state index contributed by atoms with van der Waals surface area (Å²) in [6.45, 7) is 3.30. The summed E-state index contributed by atoms with van der Waals surface area (Å²) < 4.78 is 0. The molecule has 0 aromatic heterocycles. The number of hydrogen-bond donors (Lipinski definition) is 1. The van der Waals surface area contributed by atoms with Gasteiger partial charge in [0.05, 0.1) is 0 Å². The second-order valence-corrected chi connectivity index (χ2v) is 6.39. The molecule has 110 valence electrons. The number of amides is 1. The average molecular weight is 287 g/mol. The van der Waals surface area contributed by atoms with Crippen molar-refractivity contribution in [2.45, 2.75) is 57.4 Å². The molecule has 3 fully saturated rings. The molecule has 4 heteroatoms. The highest BCUT2D eigenvalue weighted by Crippen LogP contribution is 2.37. The van der Waals surface area contributed by atoms with Crippen molar-refractivity contribution in [1.29, 1.82) is 0 Å². The minimum atomic E-state index is 0. The molecule has 2 atom stereocenters. The maximum absolute atomic E-state index is 12.4. The van der Waals surface area contributed by atoms with Crippen molar-refractivity contribution in [2.75, 3.05) is 19.6 Å². The lowest BCUT2D eigenvalue weighted by Crippen LogP contribution is -2.42. The van der Waals surface area contributed by atoms with Gasteiger partial charge in [-0.3, -0.25) is 4.79 Å². The molecule has 3 aliphatic rings. The van der Waals surface area contributed by atoms with Gasteiger partial charge in [0, 0.05) is 19.0 Å². The van der Waals surface area contributed by atoms with E-state index in [0.29, 0.717) is 11.9 Å². The van der Waals surface area contributed by atoms with E-state index in [0.717, 1.165) is 44.3 Å². The Bertz CT molecular complexity index is 301. The van der Waals surface area contributed by atoms with Gasteiger partial charge in [-0.2, -0.15) is 0 Å². The van der Waals surface area contributed by atoms with Crippen LogP contribution in [0.4, 0.5) is 0 Å². The largest absolute Gasteiger partial charge is 0.339 e. The van der Waals surface area contributed by atoms with Crippen LogP contribution in [0.5, 0.6) is 0 Å². The van der Waals surface area contributed by atoms with Crippen LogP contribution in [0.1, 0.15) is 51.4 Å². The van der Waals surface area contributed by atoms with Gasteiger partial charge < -0.3 is 10.2 Å². The van der Waals surface area contributed by atoms with Crippen LogP contribution < -0.4 is 5.32 Å². The number of carbonyl (C=O) groups is 1. The topological polar surface area (TPSA) is 32.3 Å². The van der Waals surface area contributed by atoms with Crippen molar-refractivity contribution < 1.29 is 4.79 Å². The van der Waals surface area contributed by atoms with Gasteiger partial charge in [0.2, 0.25) is 5.91 Å². The van der Waals surface area contributed by atoms with Crippen LogP contribution in [0, 0.1) is 11.8 Å². The van der Waals surface area contributed by atoms with Gasteiger partial charge in [-0.25, -0.2) is 0 Å². The molecule has 0 radical (unpaired) electrons. The predicted octanol–water partition coefficient (Wildman–Crippen LogP) is 2.59. The number of rotatable bonds is 4. The molecule has 2 heterocycles. The van der Waals surface area contributed by atoms with E-state index in [1.807, 2.05) is 0 Å². The van der Waals surface area contributed by atoms with Gasteiger partial charge >= 0.3 is 0 Å². The Morgan fingerprint density at radius 1 is 1.16 bits per heavy atom. The zero-order chi connectivity index (χ0) is 12.4. The number of nitrogens with zero attached hydrogens (tertiary/aromatic N) is 1. The first-order valence-corrected chi connectivity index (χ1v) is 7.85. The molecule has 1 N–H and O–H groups in total. The van der Waals surface area contributed by atoms with Crippen molar-refractivity contribution in [3.8, 4) is 0 Å². The van der Waals surface area contributed by atoms with Gasteiger partial charge in [-0.1, -0.05) is 6.42 Å². The van der Waals surface area contributed by atoms with Crippen LogP contribution in [-0.2, 0) is 4.79 Å². The first-order valence-electron chi connectivity index (χ1n) is 7.85. The van der Waals surface area contributed by atoms with Crippen molar-refractivity contribution in [3.05, 3.63) is 0 Å². The Balaban J connectivity index is 0.00000133. The van der Waals surface area contributed by atoms with Crippen LogP contribution >= 0.6 is 12.4 Å². The Morgan fingerprint density at radius 3 is 2.63 bits per heavy atom. The minimum absolute atomic E-state index is 0. The maximum Gasteiger partial charge on any atom is 0.222 e. The van der Waals surface area contributed by atoms with Crippen LogP contribution in [0.3, 0.4) is 0 Å². The summed E-state index contributed by atoms with van der Waals surface area (Å²) >= 11 is 0. The summed E-state index contributed by atoms with van der Waals surface area (Å²) in [6.07, 6.45) is 9.76. The predicted molar refractivity (Wildman–Crippen MR) is 79.5 cm³/mol. The van der Waals surface area contributed by atoms with E-state index in [1.54, 1.807) is 0 Å². The summed E-state index contributed by atoms with van der Waals surface area (Å²) in [5, 5.41) is 3.39. The van der Waals surface area contributed by atoms with E-state index in [2.05, 4.69) is 10.2 Å². The van der Waals surface area contributed by atoms with Crippen LogP contribution in [0.25, 0.3) is 0 Å². The van der Waals surface area contributed by atoms with Crippen molar-refractivity contribution >= 4 is 18.3 Å². The third-order valence-electron chi connectivity index (χ3n) is 5.24. The highest BCUT2D eigenvalue weighted by molar-refractivity contribution is 5.85. The molecule has 3 nitrogen and oxygen atoms in total. The molecule has 0 aromatic carbocycles. The zero-order valence-electron chi connectivity index (χ0n) is 11.8. The first kappa shape index (κ1) is 15.1. The van der Waals surface area contributed by atoms with Crippen molar-refractivity contribution in [1.82, 2.24) is 10.2 Å². The van der Waals surface area contributed by atoms with Crippen molar-refractivity contribution in [3.63, 3.8) is 0 Å². The fraction of sp³-hybridized carbons (Fsp3) is 0.933. The zero-order valence-corrected chi connectivity index (χ0v) is 12.6. The fourth-order valence-corrected chi connectivity index (χ4v) is 3.85. The second-order valence-electron chi connectivity index (χ2n) is 6.39. The van der Waals surface area contributed by atoms with Crippen LogP contribution in [0.2, 0.25) is 0 Å². The van der Waals surface area contributed by atoms with Gasteiger partial charge in [-0.15, -0.1) is 12.4 Å². The quantitative estimate of drug-likeness (QED) is 0.861. The summed E-state index contributed by atoms with van der Waals surface area (Å²) in [4.78, 5) is 14.6. The fourth-order valence-electron chi connectivity index (χ4n) is 3.85. The summed E-state index contributed by atoms with van der Waals surface area (Å²) in [7, 11) is 0. The number of likely N-dealkylation sites (tertiary alicyclic amines) is 1. The first-order chi connectivity index (χ1) is 8.84. The van der Waals surface area contributed by atoms with Gasteiger partial charge in [0.15, 0.2) is 0 Å². The summed E-state index contributed by atoms with van der Waals surface area (Å²) in [5.74, 6) is 2.03. The lowest BCUT2D eigenvalue weighted by molar-refractivity contribution is -0.133. The van der Waals surface area contributed by atoms with Crippen LogP contribution in [-0.4, -0.2) is 36.5 Å². The van der Waals surface area contributed by atoms with Gasteiger partial charge in [0.1, 0.15) is 0 Å². The number of carbonyl (C=O) groups excluding carboxylic acids is 1. The molecular formula is C15H27ClN2O. The van der Waals surface area contributed by atoms with Gasteiger partial charge in [-0.05, 0) is 63.5 Å². The molecule has 3 rings (SSSR count). The highest BCUT2D eigenvalue weighted by atomic mass is 35.5. The van der Waals surface area contributed by atoms with Gasteiger partial charge in [0.25, 0.3) is 0 Å². The van der Waals surface area contributed by atoms with E-state index >= 15 is 0 Å². The lowest BCUT2D eigenvalue weighted by Gasteiger charge is -2.37. The molecule has 1 aliphatic carbocycles. The molecule has 2 aliphatic heterocycles. The SMILES string of the molecule is Cl.O=C(CCC1CCNC1)N1CCCC1C1CCC1. The van der Waals surface area contributed by atoms with E-state index in [9.17, 15) is 4.79 Å². The third kappa shape index (κ3) is 3.43. The van der Waals surface area contributed by atoms with E-state index in [1.165, 1.54) is 38.5 Å². The standard InChI is InChI=1S/C15H26N2O.ClH/c18-15(7-6-12-8-9-16-11-12)17-10-2-5-14(17)13-3-1-4-13;/h12-14,16H,1-11H2;1H. The number of halogens is 1. The van der Waals surface area contributed by atoms with Crippen LogP contribution in [0.15, 0.2) is 0 Å². The molecular weight excluding hydrogens is 260 g/mol. The van der Waals surface area contributed by atoms with E-state index in [4.69, 9.17) is 0 Å². The van der Waals surface area contributed by atoms with E-state index in [-0.39, 0.29) is 12.4 Å². The molecule has 1 amide bonds. The normalized spacial score (nSPS) is 31.1. The summed E-state index contributed by atoms with van der Waals surface area (Å²) in [5.41, 5.74) is 0. The Labute approximate surface area is 122 Å². The Hall–Kier alpha value is -0.280. The minimum Gasteiger partial charge on any atom is -0.339 e. The number of hydrogen-bond acceptors (Lipinski definition) is 2. The Morgan fingerprint density at radius 2 is 2.00 bits per heavy atom. The average Bonchev–Trinajstić information content (AvgIpc) is 2.94. The molecule has 2 saturated heterocycles. The Kier molecular flexibility index (Phi) is 5.52. The molecule has 0 aromatic rings. The molecule has 1 saturated carbocycles. The molecule has 2 unspecified atom stereocenters. The summed E-state index contributed by atoms with van der Waals surface area (Å²) in [6, 6.07) is 0.605. The highest BCUT2D eigenvalue weighted by Gasteiger charge is 2.37. The third-order valence-corrected chi connectivity index (χ3v) is 5.24. The lowest BCUT2D eigenvalue weighted by atomic mass is 9.78.